The van der Waals surface area contributed by atoms with E-state index in [1.807, 2.05) is 0 Å². The average Bonchev–Trinajstić information content (AvgIpc) is 3.18. The Balaban J connectivity index is 1.33. The molecule has 0 aromatic heterocycles. The van der Waals surface area contributed by atoms with Crippen molar-refractivity contribution in [3.8, 4) is 0 Å². The summed E-state index contributed by atoms with van der Waals surface area (Å²) in [5, 5.41) is 22.0. The minimum Gasteiger partial charge on any atom is -0.393 e. The summed E-state index contributed by atoms with van der Waals surface area (Å²) < 4.78 is 13.2. The molecule has 2 heterocycles. The van der Waals surface area contributed by atoms with E-state index >= 15 is 0 Å². The minimum atomic E-state index is -0.452. The summed E-state index contributed by atoms with van der Waals surface area (Å²) in [6, 6.07) is 0. The van der Waals surface area contributed by atoms with Crippen LogP contribution < -0.4 is 0 Å². The van der Waals surface area contributed by atoms with Crippen molar-refractivity contribution < 1.29 is 19.7 Å². The third kappa shape index (κ3) is 2.68. The monoisotopic (exact) mass is 430 g/mol. The highest BCUT2D eigenvalue weighted by Crippen LogP contribution is 2.69. The van der Waals surface area contributed by atoms with Crippen LogP contribution in [0.25, 0.3) is 0 Å². The lowest BCUT2D eigenvalue weighted by atomic mass is 9.45. The van der Waals surface area contributed by atoms with Gasteiger partial charge in [-0.25, -0.2) is 0 Å². The van der Waals surface area contributed by atoms with Gasteiger partial charge in [-0.05, 0) is 74.0 Å². The summed E-state index contributed by atoms with van der Waals surface area (Å²) in [6.45, 7) is 10.2. The van der Waals surface area contributed by atoms with Crippen molar-refractivity contribution in [3.05, 3.63) is 11.6 Å². The molecule has 0 aromatic rings. The quantitative estimate of drug-likeness (QED) is 0.548. The SMILES string of the molecule is CC1CCC2(OC1)OC1C=C3C4CCC5CC(O)CCC5(C)C4CC(O)C3(C)C1C2C. The van der Waals surface area contributed by atoms with E-state index in [1.165, 1.54) is 18.4 Å². The van der Waals surface area contributed by atoms with Gasteiger partial charge in [0.15, 0.2) is 5.79 Å². The van der Waals surface area contributed by atoms with Gasteiger partial charge >= 0.3 is 0 Å². The number of hydrogen-bond acceptors (Lipinski definition) is 4. The summed E-state index contributed by atoms with van der Waals surface area (Å²) in [4.78, 5) is 0. The first-order valence-corrected chi connectivity index (χ1v) is 13.1. The Hall–Kier alpha value is -0.420. The van der Waals surface area contributed by atoms with Crippen LogP contribution in [0.15, 0.2) is 11.6 Å². The van der Waals surface area contributed by atoms with Gasteiger partial charge in [0, 0.05) is 23.7 Å². The highest BCUT2D eigenvalue weighted by atomic mass is 16.7. The van der Waals surface area contributed by atoms with Crippen molar-refractivity contribution in [1.82, 2.24) is 0 Å². The van der Waals surface area contributed by atoms with Crippen molar-refractivity contribution in [2.24, 2.45) is 46.3 Å². The molecule has 0 radical (unpaired) electrons. The smallest absolute Gasteiger partial charge is 0.172 e. The zero-order chi connectivity index (χ0) is 21.8. The molecule has 4 heteroatoms. The first-order chi connectivity index (χ1) is 14.7. The van der Waals surface area contributed by atoms with E-state index in [0.29, 0.717) is 35.5 Å². The molecular formula is C27H42O4. The molecule has 2 aliphatic heterocycles. The van der Waals surface area contributed by atoms with Gasteiger partial charge in [-0.1, -0.05) is 39.3 Å². The molecule has 0 aromatic carbocycles. The summed E-state index contributed by atoms with van der Waals surface area (Å²) in [7, 11) is 0. The molecule has 4 nitrogen and oxygen atoms in total. The van der Waals surface area contributed by atoms with Crippen molar-refractivity contribution in [3.63, 3.8) is 0 Å². The fourth-order valence-electron chi connectivity index (χ4n) is 9.46. The summed E-state index contributed by atoms with van der Waals surface area (Å²) in [6.07, 6.45) is 10.5. The van der Waals surface area contributed by atoms with Gasteiger partial charge in [0.2, 0.25) is 0 Å². The first kappa shape index (κ1) is 21.1. The lowest BCUT2D eigenvalue weighted by molar-refractivity contribution is -0.265. The average molecular weight is 431 g/mol. The maximum absolute atomic E-state index is 11.7. The molecule has 3 saturated carbocycles. The van der Waals surface area contributed by atoms with E-state index in [-0.39, 0.29) is 29.1 Å². The fourth-order valence-corrected chi connectivity index (χ4v) is 9.46. The largest absolute Gasteiger partial charge is 0.393 e. The second kappa shape index (κ2) is 6.81. The molecule has 0 bridgehead atoms. The third-order valence-corrected chi connectivity index (χ3v) is 11.4. The highest BCUT2D eigenvalue weighted by molar-refractivity contribution is 5.36. The molecule has 1 spiro atoms. The molecular weight excluding hydrogens is 388 g/mol. The molecule has 2 saturated heterocycles. The zero-order valence-corrected chi connectivity index (χ0v) is 19.8. The van der Waals surface area contributed by atoms with Gasteiger partial charge in [0.05, 0.1) is 24.9 Å². The van der Waals surface area contributed by atoms with Gasteiger partial charge in [-0.2, -0.15) is 0 Å². The second-order valence-corrected chi connectivity index (χ2v) is 12.7. The zero-order valence-electron chi connectivity index (χ0n) is 19.8. The van der Waals surface area contributed by atoms with Crippen LogP contribution in [0.2, 0.25) is 0 Å². The second-order valence-electron chi connectivity index (χ2n) is 12.7. The number of fused-ring (bicyclic) bond motifs is 7. The van der Waals surface area contributed by atoms with E-state index in [9.17, 15) is 10.2 Å². The fraction of sp³-hybridized carbons (Fsp3) is 0.926. The summed E-state index contributed by atoms with van der Waals surface area (Å²) in [5.41, 5.74) is 1.56. The summed E-state index contributed by atoms with van der Waals surface area (Å²) >= 11 is 0. The predicted octanol–water partition coefficient (Wildman–Crippen LogP) is 4.68. The topological polar surface area (TPSA) is 58.9 Å². The van der Waals surface area contributed by atoms with Gasteiger partial charge in [0.25, 0.3) is 0 Å². The van der Waals surface area contributed by atoms with Crippen LogP contribution in [0, 0.1) is 46.3 Å². The van der Waals surface area contributed by atoms with Crippen molar-refractivity contribution in [2.75, 3.05) is 6.61 Å². The Kier molecular flexibility index (Phi) is 4.64. The molecule has 174 valence electrons. The van der Waals surface area contributed by atoms with Gasteiger partial charge in [-0.15, -0.1) is 0 Å². The standard InChI is InChI=1S/C27H42O4/c1-15-7-10-27(30-14-15)16(2)24-22(31-27)12-21-19-6-5-17-11-18(28)8-9-25(17,3)20(19)13-23(29)26(21,24)4/h12,15-20,22-24,28-29H,5-11,13-14H2,1-4H3. The molecule has 4 aliphatic carbocycles. The first-order valence-electron chi connectivity index (χ1n) is 13.1. The van der Waals surface area contributed by atoms with E-state index < -0.39 is 5.79 Å². The Morgan fingerprint density at radius 3 is 2.55 bits per heavy atom. The van der Waals surface area contributed by atoms with E-state index in [4.69, 9.17) is 9.47 Å². The van der Waals surface area contributed by atoms with E-state index in [1.54, 1.807) is 0 Å². The molecule has 2 N–H and O–H groups in total. The number of ether oxygens (including phenoxy) is 2. The van der Waals surface area contributed by atoms with Crippen molar-refractivity contribution >= 4 is 0 Å². The lowest BCUT2D eigenvalue weighted by Gasteiger charge is -2.61. The van der Waals surface area contributed by atoms with Crippen LogP contribution >= 0.6 is 0 Å². The third-order valence-electron chi connectivity index (χ3n) is 11.4. The Morgan fingerprint density at radius 1 is 1.00 bits per heavy atom. The molecule has 0 amide bonds. The summed E-state index contributed by atoms with van der Waals surface area (Å²) in [5.74, 6) is 2.46. The Morgan fingerprint density at radius 2 is 1.81 bits per heavy atom. The van der Waals surface area contributed by atoms with Crippen molar-refractivity contribution in [1.29, 1.82) is 0 Å². The van der Waals surface area contributed by atoms with Crippen LogP contribution in [0.5, 0.6) is 0 Å². The number of hydrogen-bond donors (Lipinski definition) is 2. The Bertz CT molecular complexity index is 769. The van der Waals surface area contributed by atoms with Gasteiger partial charge < -0.3 is 19.7 Å². The number of aliphatic hydroxyl groups is 2. The maximum Gasteiger partial charge on any atom is 0.172 e. The minimum absolute atomic E-state index is 0.0792. The van der Waals surface area contributed by atoms with Gasteiger partial charge in [-0.3, -0.25) is 0 Å². The maximum atomic E-state index is 11.7. The van der Waals surface area contributed by atoms with Gasteiger partial charge in [0.1, 0.15) is 0 Å². The Labute approximate surface area is 187 Å². The lowest BCUT2D eigenvalue weighted by Crippen LogP contribution is -2.57. The normalized spacial score (nSPS) is 60.7. The van der Waals surface area contributed by atoms with Crippen LogP contribution in [-0.2, 0) is 9.47 Å². The van der Waals surface area contributed by atoms with E-state index in [0.717, 1.165) is 45.1 Å². The van der Waals surface area contributed by atoms with Crippen LogP contribution in [0.1, 0.15) is 79.1 Å². The molecule has 5 fully saturated rings. The number of rotatable bonds is 0. The molecule has 6 rings (SSSR count). The van der Waals surface area contributed by atoms with Crippen molar-refractivity contribution in [2.45, 2.75) is 103 Å². The van der Waals surface area contributed by atoms with Crippen LogP contribution in [0.3, 0.4) is 0 Å². The molecule has 31 heavy (non-hydrogen) atoms. The molecule has 6 aliphatic rings. The number of aliphatic hydroxyl groups excluding tert-OH is 2. The van der Waals surface area contributed by atoms with Crippen LogP contribution in [0.4, 0.5) is 0 Å². The van der Waals surface area contributed by atoms with Crippen LogP contribution in [-0.4, -0.2) is 40.9 Å². The molecule has 12 atom stereocenters. The predicted molar refractivity (Wildman–Crippen MR) is 119 cm³/mol. The van der Waals surface area contributed by atoms with E-state index in [2.05, 4.69) is 33.8 Å². The molecule has 12 unspecified atom stereocenters. The highest BCUT2D eigenvalue weighted by Gasteiger charge is 2.68.